The summed E-state index contributed by atoms with van der Waals surface area (Å²) in [5.74, 6) is 1.09. The molecular formula is C23H26FN5O. The van der Waals surface area contributed by atoms with Crippen molar-refractivity contribution in [2.24, 2.45) is 5.73 Å². The molecular weight excluding hydrogens is 381 g/mol. The molecule has 0 aliphatic carbocycles. The fourth-order valence-electron chi connectivity index (χ4n) is 4.02. The molecule has 1 aliphatic rings. The van der Waals surface area contributed by atoms with Gasteiger partial charge in [-0.1, -0.05) is 29.8 Å². The van der Waals surface area contributed by atoms with Crippen molar-refractivity contribution in [2.45, 2.75) is 32.9 Å². The average Bonchev–Trinajstić information content (AvgIpc) is 3.08. The largest absolute Gasteiger partial charge is 0.340 e. The Labute approximate surface area is 175 Å². The lowest BCUT2D eigenvalue weighted by atomic mass is 10.0. The summed E-state index contributed by atoms with van der Waals surface area (Å²) in [6.45, 7) is 6.99. The van der Waals surface area contributed by atoms with Crippen LogP contribution >= 0.6 is 0 Å². The highest BCUT2D eigenvalue weighted by Crippen LogP contribution is 2.38. The number of halogens is 1. The maximum Gasteiger partial charge on any atom is 0.236 e. The van der Waals surface area contributed by atoms with Crippen LogP contribution < -0.4 is 11.1 Å². The molecule has 0 bridgehead atoms. The van der Waals surface area contributed by atoms with Gasteiger partial charge in [0.1, 0.15) is 23.2 Å². The van der Waals surface area contributed by atoms with E-state index in [0.29, 0.717) is 24.3 Å². The summed E-state index contributed by atoms with van der Waals surface area (Å²) < 4.78 is 16.1. The first-order chi connectivity index (χ1) is 14.3. The van der Waals surface area contributed by atoms with Crippen LogP contribution in [0, 0.1) is 12.7 Å². The lowest BCUT2D eigenvalue weighted by molar-refractivity contribution is -0.132. The molecule has 4 rings (SSSR count). The summed E-state index contributed by atoms with van der Waals surface area (Å²) in [4.78, 5) is 18.9. The number of fused-ring (bicyclic) bond motifs is 1. The molecule has 0 atom stereocenters. The first-order valence-corrected chi connectivity index (χ1v) is 9.98. The maximum atomic E-state index is 14.0. The van der Waals surface area contributed by atoms with E-state index in [1.54, 1.807) is 11.0 Å². The van der Waals surface area contributed by atoms with Crippen molar-refractivity contribution < 1.29 is 9.18 Å². The summed E-state index contributed by atoms with van der Waals surface area (Å²) >= 11 is 0. The van der Waals surface area contributed by atoms with Crippen LogP contribution in [0.1, 0.15) is 25.2 Å². The van der Waals surface area contributed by atoms with E-state index in [4.69, 9.17) is 10.7 Å². The van der Waals surface area contributed by atoms with Crippen molar-refractivity contribution in [1.82, 2.24) is 14.5 Å². The van der Waals surface area contributed by atoms with E-state index >= 15 is 0 Å². The van der Waals surface area contributed by atoms with E-state index < -0.39 is 5.54 Å². The van der Waals surface area contributed by atoms with Gasteiger partial charge in [0.25, 0.3) is 0 Å². The van der Waals surface area contributed by atoms with E-state index in [0.717, 1.165) is 22.9 Å². The summed E-state index contributed by atoms with van der Waals surface area (Å²) in [5.41, 5.74) is 8.58. The standard InChI is InChI=1S/C23H26FN5O/c1-15-7-9-18(10-8-15)26-22-21(16-5-4-6-17(24)11-16)27-19-13-28(20(30)12-25)14-23(2,3)29(19)22/h4-11,26H,12-14,25H2,1-3H3. The summed E-state index contributed by atoms with van der Waals surface area (Å²) in [7, 11) is 0. The molecule has 7 heteroatoms. The molecule has 3 aromatic rings. The second-order valence-electron chi connectivity index (χ2n) is 8.33. The van der Waals surface area contributed by atoms with Crippen molar-refractivity contribution in [2.75, 3.05) is 18.4 Å². The molecule has 0 fully saturated rings. The van der Waals surface area contributed by atoms with Gasteiger partial charge < -0.3 is 20.5 Å². The Balaban J connectivity index is 1.87. The second-order valence-corrected chi connectivity index (χ2v) is 8.33. The Bertz CT molecular complexity index is 1090. The van der Waals surface area contributed by atoms with Crippen LogP contribution in [-0.2, 0) is 16.9 Å². The van der Waals surface area contributed by atoms with Gasteiger partial charge in [-0.25, -0.2) is 9.37 Å². The van der Waals surface area contributed by atoms with Crippen LogP contribution in [0.3, 0.4) is 0 Å². The quantitative estimate of drug-likeness (QED) is 0.690. The third-order valence-electron chi connectivity index (χ3n) is 5.40. The van der Waals surface area contributed by atoms with E-state index in [1.807, 2.05) is 37.3 Å². The smallest absolute Gasteiger partial charge is 0.236 e. The number of carbonyl (C=O) groups excluding carboxylic acids is 1. The van der Waals surface area contributed by atoms with Gasteiger partial charge in [-0.05, 0) is 45.0 Å². The third-order valence-corrected chi connectivity index (χ3v) is 5.40. The summed E-state index contributed by atoms with van der Waals surface area (Å²) in [6, 6.07) is 14.5. The fourth-order valence-corrected chi connectivity index (χ4v) is 4.02. The third kappa shape index (κ3) is 3.68. The number of benzene rings is 2. The first kappa shape index (κ1) is 20.1. The Morgan fingerprint density at radius 3 is 2.63 bits per heavy atom. The van der Waals surface area contributed by atoms with E-state index in [9.17, 15) is 9.18 Å². The van der Waals surface area contributed by atoms with Crippen molar-refractivity contribution >= 4 is 17.4 Å². The molecule has 1 aromatic heterocycles. The lowest BCUT2D eigenvalue weighted by Gasteiger charge is -2.40. The number of hydrogen-bond acceptors (Lipinski definition) is 4. The first-order valence-electron chi connectivity index (χ1n) is 9.98. The molecule has 0 saturated carbocycles. The normalized spacial score (nSPS) is 15.0. The van der Waals surface area contributed by atoms with E-state index in [-0.39, 0.29) is 18.3 Å². The number of nitrogens with one attached hydrogen (secondary N) is 1. The van der Waals surface area contributed by atoms with Crippen LogP contribution in [0.15, 0.2) is 48.5 Å². The lowest BCUT2D eigenvalue weighted by Crippen LogP contribution is -2.50. The van der Waals surface area contributed by atoms with Gasteiger partial charge in [-0.2, -0.15) is 0 Å². The predicted octanol–water partition coefficient (Wildman–Crippen LogP) is 3.78. The highest BCUT2D eigenvalue weighted by molar-refractivity contribution is 5.80. The highest BCUT2D eigenvalue weighted by atomic mass is 19.1. The predicted molar refractivity (Wildman–Crippen MR) is 116 cm³/mol. The Morgan fingerprint density at radius 1 is 1.23 bits per heavy atom. The number of aromatic nitrogens is 2. The molecule has 1 aliphatic heterocycles. The average molecular weight is 407 g/mol. The van der Waals surface area contributed by atoms with Crippen LogP contribution in [0.25, 0.3) is 11.3 Å². The molecule has 0 radical (unpaired) electrons. The minimum atomic E-state index is -0.427. The van der Waals surface area contributed by atoms with Gasteiger partial charge >= 0.3 is 0 Å². The molecule has 0 spiro atoms. The van der Waals surface area contributed by atoms with Crippen LogP contribution in [-0.4, -0.2) is 33.4 Å². The summed E-state index contributed by atoms with van der Waals surface area (Å²) in [5, 5.41) is 3.49. The van der Waals surface area contributed by atoms with Gasteiger partial charge in [0.05, 0.1) is 18.6 Å². The number of nitrogens with zero attached hydrogens (tertiary/aromatic N) is 3. The topological polar surface area (TPSA) is 76.2 Å². The van der Waals surface area contributed by atoms with Gasteiger partial charge in [-0.3, -0.25) is 4.79 Å². The van der Waals surface area contributed by atoms with Gasteiger partial charge in [-0.15, -0.1) is 0 Å². The molecule has 30 heavy (non-hydrogen) atoms. The fraction of sp³-hybridized carbons (Fsp3) is 0.304. The maximum absolute atomic E-state index is 14.0. The minimum Gasteiger partial charge on any atom is -0.340 e. The molecule has 6 nitrogen and oxygen atoms in total. The molecule has 0 saturated heterocycles. The highest BCUT2D eigenvalue weighted by Gasteiger charge is 2.37. The Kier molecular flexibility index (Phi) is 5.07. The van der Waals surface area contributed by atoms with Crippen molar-refractivity contribution in [3.63, 3.8) is 0 Å². The number of amides is 1. The molecule has 1 amide bonds. The van der Waals surface area contributed by atoms with Gasteiger partial charge in [0.15, 0.2) is 0 Å². The Hall–Kier alpha value is -3.19. The van der Waals surface area contributed by atoms with E-state index in [1.165, 1.54) is 12.1 Å². The molecule has 156 valence electrons. The number of hydrogen-bond donors (Lipinski definition) is 2. The number of aryl methyl sites for hydroxylation is 1. The van der Waals surface area contributed by atoms with Crippen LogP contribution in [0.4, 0.5) is 15.9 Å². The number of nitrogens with two attached hydrogens (primary N) is 1. The zero-order valence-corrected chi connectivity index (χ0v) is 17.4. The van der Waals surface area contributed by atoms with E-state index in [2.05, 4.69) is 23.7 Å². The minimum absolute atomic E-state index is 0.0397. The van der Waals surface area contributed by atoms with Crippen molar-refractivity contribution in [3.8, 4) is 11.3 Å². The SMILES string of the molecule is Cc1ccc(Nc2c(-c3cccc(F)c3)nc3n2C(C)(C)CN(C(=O)CN)C3)cc1. The van der Waals surface area contributed by atoms with Crippen LogP contribution in [0.2, 0.25) is 0 Å². The van der Waals surface area contributed by atoms with Crippen molar-refractivity contribution in [3.05, 3.63) is 65.7 Å². The molecule has 3 N–H and O–H groups in total. The molecule has 2 heterocycles. The monoisotopic (exact) mass is 407 g/mol. The van der Waals surface area contributed by atoms with Gasteiger partial charge in [0, 0.05) is 17.8 Å². The number of anilines is 2. The molecule has 2 aromatic carbocycles. The Morgan fingerprint density at radius 2 is 1.97 bits per heavy atom. The zero-order valence-electron chi connectivity index (χ0n) is 17.4. The van der Waals surface area contributed by atoms with Crippen molar-refractivity contribution in [1.29, 1.82) is 0 Å². The second kappa shape index (κ2) is 7.57. The van der Waals surface area contributed by atoms with Crippen LogP contribution in [0.5, 0.6) is 0 Å². The van der Waals surface area contributed by atoms with Gasteiger partial charge in [0.2, 0.25) is 5.91 Å². The zero-order chi connectivity index (χ0) is 21.5. The molecule has 0 unspecified atom stereocenters. The summed E-state index contributed by atoms with van der Waals surface area (Å²) in [6.07, 6.45) is 0. The number of carbonyl (C=O) groups is 1. The number of rotatable bonds is 4. The number of imidazole rings is 1.